The van der Waals surface area contributed by atoms with E-state index in [0.717, 1.165) is 22.9 Å². The van der Waals surface area contributed by atoms with E-state index in [1.807, 2.05) is 26.0 Å². The van der Waals surface area contributed by atoms with Crippen molar-refractivity contribution in [3.8, 4) is 0 Å². The van der Waals surface area contributed by atoms with Gasteiger partial charge in [0, 0.05) is 10.0 Å². The van der Waals surface area contributed by atoms with Gasteiger partial charge in [-0.3, -0.25) is 4.79 Å². The summed E-state index contributed by atoms with van der Waals surface area (Å²) in [5.74, 6) is -0.142. The molecule has 18 heavy (non-hydrogen) atoms. The van der Waals surface area contributed by atoms with Gasteiger partial charge >= 0.3 is 0 Å². The summed E-state index contributed by atoms with van der Waals surface area (Å²) in [5, 5.41) is 2.86. The summed E-state index contributed by atoms with van der Waals surface area (Å²) < 4.78 is 0.985. The molecule has 1 aromatic rings. The molecule has 0 aliphatic rings. The number of nitrogens with one attached hydrogen (secondary N) is 1. The standard InChI is InChI=1S/C13H17BrN2OS/c1-3-4-11(12(15)18)16-13(17)9-5-6-10(14)8(2)7-9/h5-7,11H,3-4H2,1-2H3,(H2,15,18)(H,16,17). The van der Waals surface area contributed by atoms with Gasteiger partial charge in [-0.2, -0.15) is 0 Å². The van der Waals surface area contributed by atoms with E-state index in [4.69, 9.17) is 18.0 Å². The van der Waals surface area contributed by atoms with Crippen molar-refractivity contribution >= 4 is 39.0 Å². The van der Waals surface area contributed by atoms with Crippen LogP contribution in [0.1, 0.15) is 35.7 Å². The Morgan fingerprint density at radius 3 is 2.72 bits per heavy atom. The molecule has 1 unspecified atom stereocenters. The van der Waals surface area contributed by atoms with E-state index in [1.54, 1.807) is 6.07 Å². The molecule has 5 heteroatoms. The van der Waals surface area contributed by atoms with Crippen LogP contribution >= 0.6 is 28.1 Å². The Morgan fingerprint density at radius 1 is 1.56 bits per heavy atom. The molecule has 3 N–H and O–H groups in total. The highest BCUT2D eigenvalue weighted by molar-refractivity contribution is 9.10. The Morgan fingerprint density at radius 2 is 2.22 bits per heavy atom. The highest BCUT2D eigenvalue weighted by Crippen LogP contribution is 2.17. The topological polar surface area (TPSA) is 55.1 Å². The van der Waals surface area contributed by atoms with Crippen LogP contribution in [0.4, 0.5) is 0 Å². The van der Waals surface area contributed by atoms with E-state index in [0.29, 0.717) is 10.6 Å². The van der Waals surface area contributed by atoms with Crippen molar-refractivity contribution in [3.05, 3.63) is 33.8 Å². The molecule has 0 heterocycles. The zero-order valence-electron chi connectivity index (χ0n) is 10.5. The van der Waals surface area contributed by atoms with E-state index in [-0.39, 0.29) is 11.9 Å². The van der Waals surface area contributed by atoms with E-state index in [1.165, 1.54) is 0 Å². The van der Waals surface area contributed by atoms with Gasteiger partial charge in [-0.15, -0.1) is 0 Å². The van der Waals surface area contributed by atoms with Crippen LogP contribution in [0.5, 0.6) is 0 Å². The molecule has 1 amide bonds. The van der Waals surface area contributed by atoms with Crippen LogP contribution in [0.25, 0.3) is 0 Å². The predicted octanol–water partition coefficient (Wildman–Crippen LogP) is 2.94. The summed E-state index contributed by atoms with van der Waals surface area (Å²) in [6.07, 6.45) is 1.68. The molecule has 1 rings (SSSR count). The average Bonchev–Trinajstić information content (AvgIpc) is 2.31. The first kappa shape index (κ1) is 15.1. The summed E-state index contributed by atoms with van der Waals surface area (Å²) in [4.78, 5) is 12.4. The molecule has 0 fully saturated rings. The van der Waals surface area contributed by atoms with Crippen molar-refractivity contribution in [2.75, 3.05) is 0 Å². The van der Waals surface area contributed by atoms with Crippen molar-refractivity contribution in [2.45, 2.75) is 32.7 Å². The van der Waals surface area contributed by atoms with Gasteiger partial charge in [-0.1, -0.05) is 41.5 Å². The third kappa shape index (κ3) is 4.07. The number of aryl methyl sites for hydroxylation is 1. The molecule has 0 bridgehead atoms. The first-order chi connectivity index (χ1) is 8.45. The van der Waals surface area contributed by atoms with Gasteiger partial charge in [0.1, 0.15) is 0 Å². The van der Waals surface area contributed by atoms with Gasteiger partial charge in [0.15, 0.2) is 0 Å². The van der Waals surface area contributed by atoms with Gasteiger partial charge in [0.05, 0.1) is 11.0 Å². The van der Waals surface area contributed by atoms with Crippen LogP contribution in [0.3, 0.4) is 0 Å². The molecule has 1 atom stereocenters. The number of halogens is 1. The maximum absolute atomic E-state index is 12.1. The van der Waals surface area contributed by atoms with Crippen molar-refractivity contribution in [3.63, 3.8) is 0 Å². The van der Waals surface area contributed by atoms with Crippen LogP contribution in [0, 0.1) is 6.92 Å². The van der Waals surface area contributed by atoms with Crippen molar-refractivity contribution in [1.29, 1.82) is 0 Å². The molecular formula is C13H17BrN2OS. The Bertz CT molecular complexity index is 462. The van der Waals surface area contributed by atoms with Gasteiger partial charge in [-0.05, 0) is 37.1 Å². The quantitative estimate of drug-likeness (QED) is 0.817. The van der Waals surface area contributed by atoms with Crippen LogP contribution in [0.15, 0.2) is 22.7 Å². The van der Waals surface area contributed by atoms with Gasteiger partial charge < -0.3 is 11.1 Å². The second kappa shape index (κ2) is 6.85. The van der Waals surface area contributed by atoms with Gasteiger partial charge in [-0.25, -0.2) is 0 Å². The second-order valence-corrected chi connectivity index (χ2v) is 5.51. The van der Waals surface area contributed by atoms with E-state index in [2.05, 4.69) is 21.2 Å². The minimum atomic E-state index is -0.235. The summed E-state index contributed by atoms with van der Waals surface area (Å²) in [6, 6.07) is 5.23. The molecule has 0 aliphatic carbocycles. The third-order valence-corrected chi connectivity index (χ3v) is 3.82. The highest BCUT2D eigenvalue weighted by Gasteiger charge is 2.15. The lowest BCUT2D eigenvalue weighted by Crippen LogP contribution is -2.43. The highest BCUT2D eigenvalue weighted by atomic mass is 79.9. The zero-order chi connectivity index (χ0) is 13.7. The molecule has 0 radical (unpaired) electrons. The van der Waals surface area contributed by atoms with Crippen LogP contribution in [-0.2, 0) is 0 Å². The Hall–Kier alpha value is -0.940. The predicted molar refractivity (Wildman–Crippen MR) is 81.8 cm³/mol. The zero-order valence-corrected chi connectivity index (χ0v) is 12.9. The maximum atomic E-state index is 12.1. The summed E-state index contributed by atoms with van der Waals surface area (Å²) in [7, 11) is 0. The fraction of sp³-hybridized carbons (Fsp3) is 0.385. The second-order valence-electron chi connectivity index (χ2n) is 4.18. The van der Waals surface area contributed by atoms with E-state index >= 15 is 0 Å². The van der Waals surface area contributed by atoms with Gasteiger partial charge in [0.25, 0.3) is 5.91 Å². The number of carbonyl (C=O) groups is 1. The van der Waals surface area contributed by atoms with Crippen LogP contribution in [0.2, 0.25) is 0 Å². The Balaban J connectivity index is 2.80. The number of rotatable bonds is 5. The SMILES string of the molecule is CCCC(NC(=O)c1ccc(Br)c(C)c1)C(N)=S. The molecule has 0 aliphatic heterocycles. The van der Waals surface area contributed by atoms with Crippen LogP contribution < -0.4 is 11.1 Å². The fourth-order valence-electron chi connectivity index (χ4n) is 1.60. The fourth-order valence-corrected chi connectivity index (χ4v) is 2.03. The van der Waals surface area contributed by atoms with Gasteiger partial charge in [0.2, 0.25) is 0 Å². The lowest BCUT2D eigenvalue weighted by atomic mass is 10.1. The van der Waals surface area contributed by atoms with E-state index < -0.39 is 0 Å². The molecule has 98 valence electrons. The van der Waals surface area contributed by atoms with Crippen molar-refractivity contribution < 1.29 is 4.79 Å². The molecular weight excluding hydrogens is 312 g/mol. The first-order valence-electron chi connectivity index (χ1n) is 5.82. The molecule has 0 spiro atoms. The number of carbonyl (C=O) groups excluding carboxylic acids is 1. The summed E-state index contributed by atoms with van der Waals surface area (Å²) >= 11 is 8.36. The van der Waals surface area contributed by atoms with Crippen molar-refractivity contribution in [1.82, 2.24) is 5.32 Å². The number of hydrogen-bond donors (Lipinski definition) is 2. The lowest BCUT2D eigenvalue weighted by Gasteiger charge is -2.16. The third-order valence-electron chi connectivity index (χ3n) is 2.65. The monoisotopic (exact) mass is 328 g/mol. The molecule has 0 saturated heterocycles. The normalized spacial score (nSPS) is 11.9. The van der Waals surface area contributed by atoms with E-state index in [9.17, 15) is 4.79 Å². The number of thiocarbonyl (C=S) groups is 1. The Labute approximate surface area is 121 Å². The Kier molecular flexibility index (Phi) is 5.75. The number of hydrogen-bond acceptors (Lipinski definition) is 2. The molecule has 0 aromatic heterocycles. The summed E-state index contributed by atoms with van der Waals surface area (Å²) in [5.41, 5.74) is 7.25. The van der Waals surface area contributed by atoms with Crippen molar-refractivity contribution in [2.24, 2.45) is 5.73 Å². The smallest absolute Gasteiger partial charge is 0.251 e. The first-order valence-corrected chi connectivity index (χ1v) is 7.02. The van der Waals surface area contributed by atoms with Crippen LogP contribution in [-0.4, -0.2) is 16.9 Å². The summed E-state index contributed by atoms with van der Waals surface area (Å²) in [6.45, 7) is 3.97. The minimum absolute atomic E-state index is 0.142. The number of amides is 1. The number of benzene rings is 1. The molecule has 3 nitrogen and oxygen atoms in total. The minimum Gasteiger partial charge on any atom is -0.392 e. The average molecular weight is 329 g/mol. The largest absolute Gasteiger partial charge is 0.392 e. The molecule has 0 saturated carbocycles. The maximum Gasteiger partial charge on any atom is 0.251 e. The number of nitrogens with two attached hydrogens (primary N) is 1. The lowest BCUT2D eigenvalue weighted by molar-refractivity contribution is 0.0945. The molecule has 1 aromatic carbocycles.